The number of amides is 1. The first kappa shape index (κ1) is 17.8. The van der Waals surface area contributed by atoms with Gasteiger partial charge in [-0.15, -0.1) is 0 Å². The molecular weight excluding hydrogens is 310 g/mol. The summed E-state index contributed by atoms with van der Waals surface area (Å²) in [6.07, 6.45) is 0.0111. The third kappa shape index (κ3) is 5.26. The van der Waals surface area contributed by atoms with Gasteiger partial charge in [-0.05, 0) is 45.4 Å². The predicted octanol–water partition coefficient (Wildman–Crippen LogP) is 3.25. The van der Waals surface area contributed by atoms with Gasteiger partial charge < -0.3 is 19.3 Å². The highest BCUT2D eigenvalue weighted by atomic mass is 16.6. The first-order valence-corrected chi connectivity index (χ1v) is 7.72. The van der Waals surface area contributed by atoms with Crippen molar-refractivity contribution in [2.24, 2.45) is 0 Å². The Balaban J connectivity index is 1.95. The van der Waals surface area contributed by atoms with Gasteiger partial charge in [-0.1, -0.05) is 17.3 Å². The van der Waals surface area contributed by atoms with Gasteiger partial charge in [0.25, 0.3) is 0 Å². The number of carbonyl (C=O) groups excluding carboxylic acids is 1. The zero-order chi connectivity index (χ0) is 17.7. The monoisotopic (exact) mass is 333 g/mol. The molecule has 0 unspecified atom stereocenters. The van der Waals surface area contributed by atoms with Crippen molar-refractivity contribution in [2.45, 2.75) is 45.8 Å². The minimum atomic E-state index is -0.557. The summed E-state index contributed by atoms with van der Waals surface area (Å²) >= 11 is 0. The van der Waals surface area contributed by atoms with Crippen LogP contribution in [0.5, 0.6) is 5.75 Å². The summed E-state index contributed by atoms with van der Waals surface area (Å²) in [5.74, 6) is 1.68. The van der Waals surface area contributed by atoms with Gasteiger partial charge >= 0.3 is 6.09 Å². The van der Waals surface area contributed by atoms with Crippen molar-refractivity contribution in [3.8, 4) is 5.75 Å². The fraction of sp³-hybridized carbons (Fsp3) is 0.471. The molecule has 1 aromatic carbocycles. The third-order valence-electron chi connectivity index (χ3n) is 3.11. The lowest BCUT2D eigenvalue weighted by atomic mass is 10.1. The largest absolute Gasteiger partial charge is 0.497 e. The van der Waals surface area contributed by atoms with E-state index in [9.17, 15) is 4.79 Å². The quantitative estimate of drug-likeness (QED) is 0.904. The van der Waals surface area contributed by atoms with Gasteiger partial charge in [0.15, 0.2) is 5.82 Å². The van der Waals surface area contributed by atoms with E-state index in [4.69, 9.17) is 14.0 Å². The molecule has 1 aromatic heterocycles. The second kappa shape index (κ2) is 7.33. The Labute approximate surface area is 141 Å². The van der Waals surface area contributed by atoms with Gasteiger partial charge in [0.1, 0.15) is 17.4 Å². The molecule has 0 radical (unpaired) electrons. The smallest absolute Gasteiger partial charge is 0.408 e. The number of aromatic nitrogens is 2. The zero-order valence-corrected chi connectivity index (χ0v) is 14.6. The Morgan fingerprint density at radius 3 is 2.54 bits per heavy atom. The lowest BCUT2D eigenvalue weighted by Gasteiger charge is -2.20. The third-order valence-corrected chi connectivity index (χ3v) is 3.11. The molecule has 2 aromatic rings. The molecule has 1 heterocycles. The number of hydrogen-bond donors (Lipinski definition) is 1. The van der Waals surface area contributed by atoms with Crippen LogP contribution >= 0.6 is 0 Å². The van der Waals surface area contributed by atoms with Crippen LogP contribution in [0.3, 0.4) is 0 Å². The Hall–Kier alpha value is -2.57. The lowest BCUT2D eigenvalue weighted by molar-refractivity contribution is 0.0499. The number of alkyl carbamates (subject to hydrolysis) is 1. The Morgan fingerprint density at radius 2 is 1.96 bits per heavy atom. The van der Waals surface area contributed by atoms with Crippen LogP contribution in [0, 0.1) is 0 Å². The van der Waals surface area contributed by atoms with Crippen molar-refractivity contribution in [3.63, 3.8) is 0 Å². The van der Waals surface area contributed by atoms with Crippen molar-refractivity contribution in [3.05, 3.63) is 41.5 Å². The molecule has 24 heavy (non-hydrogen) atoms. The lowest BCUT2D eigenvalue weighted by Crippen LogP contribution is -2.34. The highest BCUT2D eigenvalue weighted by molar-refractivity contribution is 5.68. The van der Waals surface area contributed by atoms with Crippen molar-refractivity contribution in [1.82, 2.24) is 15.5 Å². The van der Waals surface area contributed by atoms with Crippen molar-refractivity contribution < 1.29 is 18.8 Å². The number of carbonyl (C=O) groups is 1. The van der Waals surface area contributed by atoms with E-state index in [-0.39, 0.29) is 0 Å². The van der Waals surface area contributed by atoms with Crippen LogP contribution in [0.15, 0.2) is 28.8 Å². The van der Waals surface area contributed by atoms with E-state index in [2.05, 4.69) is 15.5 Å². The highest BCUT2D eigenvalue weighted by Crippen LogP contribution is 2.16. The van der Waals surface area contributed by atoms with Crippen molar-refractivity contribution >= 4 is 6.09 Å². The zero-order valence-electron chi connectivity index (χ0n) is 14.6. The molecule has 7 heteroatoms. The van der Waals surface area contributed by atoms with E-state index >= 15 is 0 Å². The van der Waals surface area contributed by atoms with Crippen molar-refractivity contribution in [2.75, 3.05) is 7.11 Å². The number of benzene rings is 1. The SMILES string of the molecule is COc1ccc(Cc2noc([C@H](C)NC(=O)OC(C)(C)C)n2)cc1. The molecule has 1 amide bonds. The molecule has 1 atom stereocenters. The molecule has 0 saturated carbocycles. The topological polar surface area (TPSA) is 86.5 Å². The minimum absolute atomic E-state index is 0.337. The maximum absolute atomic E-state index is 11.8. The highest BCUT2D eigenvalue weighted by Gasteiger charge is 2.21. The fourth-order valence-electron chi connectivity index (χ4n) is 1.99. The minimum Gasteiger partial charge on any atom is -0.497 e. The van der Waals surface area contributed by atoms with E-state index in [1.807, 2.05) is 24.3 Å². The molecule has 1 N–H and O–H groups in total. The molecule has 0 fully saturated rings. The molecule has 0 aliphatic carbocycles. The second-order valence-corrected chi connectivity index (χ2v) is 6.44. The van der Waals surface area contributed by atoms with Gasteiger partial charge in [0, 0.05) is 6.42 Å². The Bertz CT molecular complexity index is 674. The summed E-state index contributed by atoms with van der Waals surface area (Å²) < 4.78 is 15.5. The summed E-state index contributed by atoms with van der Waals surface area (Å²) in [6, 6.07) is 7.21. The van der Waals surface area contributed by atoms with Crippen LogP contribution in [0.1, 0.15) is 51.0 Å². The number of rotatable bonds is 5. The van der Waals surface area contributed by atoms with E-state index in [0.29, 0.717) is 18.1 Å². The molecular formula is C17H23N3O4. The number of nitrogens with one attached hydrogen (secondary N) is 1. The normalized spacial score (nSPS) is 12.5. The maximum atomic E-state index is 11.8. The number of methoxy groups -OCH3 is 1. The van der Waals surface area contributed by atoms with E-state index < -0.39 is 17.7 Å². The van der Waals surface area contributed by atoms with Crippen LogP contribution in [-0.4, -0.2) is 28.9 Å². The predicted molar refractivity (Wildman–Crippen MR) is 87.9 cm³/mol. The van der Waals surface area contributed by atoms with Crippen LogP contribution in [0.25, 0.3) is 0 Å². The van der Waals surface area contributed by atoms with E-state index in [1.54, 1.807) is 34.8 Å². The molecule has 130 valence electrons. The average Bonchev–Trinajstić information content (AvgIpc) is 2.94. The van der Waals surface area contributed by atoms with Crippen LogP contribution in [-0.2, 0) is 11.2 Å². The fourth-order valence-corrected chi connectivity index (χ4v) is 1.99. The number of hydrogen-bond acceptors (Lipinski definition) is 6. The van der Waals surface area contributed by atoms with Gasteiger partial charge in [-0.25, -0.2) is 4.79 Å². The Morgan fingerprint density at radius 1 is 1.29 bits per heavy atom. The second-order valence-electron chi connectivity index (χ2n) is 6.44. The molecule has 7 nitrogen and oxygen atoms in total. The Kier molecular flexibility index (Phi) is 5.43. The van der Waals surface area contributed by atoms with E-state index in [0.717, 1.165) is 11.3 Å². The molecule has 0 spiro atoms. The van der Waals surface area contributed by atoms with Gasteiger partial charge in [-0.3, -0.25) is 0 Å². The van der Waals surface area contributed by atoms with Gasteiger partial charge in [0.2, 0.25) is 5.89 Å². The molecule has 0 aliphatic rings. The molecule has 2 rings (SSSR count). The molecule has 0 saturated heterocycles. The number of ether oxygens (including phenoxy) is 2. The average molecular weight is 333 g/mol. The van der Waals surface area contributed by atoms with E-state index in [1.165, 1.54) is 0 Å². The van der Waals surface area contributed by atoms with Crippen LogP contribution < -0.4 is 10.1 Å². The van der Waals surface area contributed by atoms with Gasteiger partial charge in [-0.2, -0.15) is 4.98 Å². The van der Waals surface area contributed by atoms with Crippen molar-refractivity contribution in [1.29, 1.82) is 0 Å². The number of nitrogens with zero attached hydrogens (tertiary/aromatic N) is 2. The first-order chi connectivity index (χ1) is 11.3. The molecule has 0 aliphatic heterocycles. The summed E-state index contributed by atoms with van der Waals surface area (Å²) in [7, 11) is 1.62. The maximum Gasteiger partial charge on any atom is 0.408 e. The standard InChI is InChI=1S/C17H23N3O4/c1-11(18-16(21)23-17(2,3)4)15-19-14(20-24-15)10-12-6-8-13(22-5)9-7-12/h6-9,11H,10H2,1-5H3,(H,18,21)/t11-/m0/s1. The summed E-state index contributed by atoms with van der Waals surface area (Å²) in [6.45, 7) is 7.17. The summed E-state index contributed by atoms with van der Waals surface area (Å²) in [4.78, 5) is 16.1. The summed E-state index contributed by atoms with van der Waals surface area (Å²) in [5.41, 5.74) is 0.481. The first-order valence-electron chi connectivity index (χ1n) is 7.72. The van der Waals surface area contributed by atoms with Crippen LogP contribution in [0.2, 0.25) is 0 Å². The summed E-state index contributed by atoms with van der Waals surface area (Å²) in [5, 5.41) is 6.62. The van der Waals surface area contributed by atoms with Crippen LogP contribution in [0.4, 0.5) is 4.79 Å². The van der Waals surface area contributed by atoms with Gasteiger partial charge in [0.05, 0.1) is 7.11 Å². The molecule has 0 bridgehead atoms.